The summed E-state index contributed by atoms with van der Waals surface area (Å²) in [6.07, 6.45) is 2.44. The number of thioether (sulfide) groups is 2. The standard InChI is InChI=1S/2C5H10S2/c2*1-3-4-7-5(2)6/h2*3-4H2,1-2H3. The molecule has 4 heteroatoms. The van der Waals surface area contributed by atoms with Crippen LogP contribution in [-0.4, -0.2) is 19.9 Å². The van der Waals surface area contributed by atoms with Gasteiger partial charge in [0.1, 0.15) is 0 Å². The quantitative estimate of drug-likeness (QED) is 0.661. The monoisotopic (exact) mass is 268 g/mol. The molecule has 0 unspecified atom stereocenters. The van der Waals surface area contributed by atoms with Gasteiger partial charge in [0, 0.05) is 8.39 Å². The van der Waals surface area contributed by atoms with E-state index in [9.17, 15) is 0 Å². The minimum Gasteiger partial charge on any atom is -0.119 e. The molecule has 0 aromatic heterocycles. The van der Waals surface area contributed by atoms with Crippen LogP contribution in [0.2, 0.25) is 0 Å². The normalized spacial score (nSPS) is 8.86. The minimum atomic E-state index is 1.06. The van der Waals surface area contributed by atoms with E-state index in [1.807, 2.05) is 13.8 Å². The molecule has 0 saturated carbocycles. The zero-order chi connectivity index (χ0) is 11.4. The predicted octanol–water partition coefficient (Wildman–Crippen LogP) is 4.95. The van der Waals surface area contributed by atoms with Crippen molar-refractivity contribution in [1.82, 2.24) is 0 Å². The van der Waals surface area contributed by atoms with Crippen LogP contribution >= 0.6 is 48.0 Å². The molecular weight excluding hydrogens is 248 g/mol. The largest absolute Gasteiger partial charge is 0.119 e. The Morgan fingerprint density at radius 2 is 1.14 bits per heavy atom. The van der Waals surface area contributed by atoms with Crippen LogP contribution < -0.4 is 0 Å². The van der Waals surface area contributed by atoms with E-state index in [-0.39, 0.29) is 0 Å². The van der Waals surface area contributed by atoms with Gasteiger partial charge in [0.15, 0.2) is 0 Å². The number of rotatable bonds is 4. The first-order valence-corrected chi connectivity index (χ1v) is 7.60. The molecule has 0 heterocycles. The molecule has 0 spiro atoms. The zero-order valence-electron chi connectivity index (χ0n) is 9.46. The molecule has 0 N–H and O–H groups in total. The Labute approximate surface area is 108 Å². The van der Waals surface area contributed by atoms with Gasteiger partial charge in [-0.15, -0.1) is 23.5 Å². The van der Waals surface area contributed by atoms with Crippen molar-refractivity contribution in [3.8, 4) is 0 Å². The fraction of sp³-hybridized carbons (Fsp3) is 0.800. The summed E-state index contributed by atoms with van der Waals surface area (Å²) in [6, 6.07) is 0. The zero-order valence-corrected chi connectivity index (χ0v) is 12.7. The molecule has 0 aliphatic carbocycles. The summed E-state index contributed by atoms with van der Waals surface area (Å²) in [6.45, 7) is 8.25. The number of hydrogen-bond donors (Lipinski definition) is 0. The Balaban J connectivity index is 0. The summed E-state index contributed by atoms with van der Waals surface area (Å²) in [4.78, 5) is 0. The molecular formula is C10H20S4. The molecule has 0 aliphatic heterocycles. The lowest BCUT2D eigenvalue weighted by atomic mass is 10.6. The van der Waals surface area contributed by atoms with Gasteiger partial charge in [-0.3, -0.25) is 0 Å². The van der Waals surface area contributed by atoms with E-state index >= 15 is 0 Å². The molecule has 0 saturated heterocycles. The third kappa shape index (κ3) is 23.1. The molecule has 0 aromatic carbocycles. The van der Waals surface area contributed by atoms with Crippen LogP contribution in [0.5, 0.6) is 0 Å². The second kappa shape index (κ2) is 13.9. The molecule has 84 valence electrons. The highest BCUT2D eigenvalue weighted by atomic mass is 32.2. The highest BCUT2D eigenvalue weighted by molar-refractivity contribution is 8.23. The second-order valence-corrected chi connectivity index (χ2v) is 7.04. The van der Waals surface area contributed by atoms with Crippen LogP contribution in [0.3, 0.4) is 0 Å². The lowest BCUT2D eigenvalue weighted by Gasteiger charge is -1.89. The molecule has 0 aromatic rings. The molecule has 0 radical (unpaired) electrons. The topological polar surface area (TPSA) is 0 Å². The number of hydrogen-bond acceptors (Lipinski definition) is 4. The molecule has 0 rings (SSSR count). The van der Waals surface area contributed by atoms with E-state index < -0.39 is 0 Å². The van der Waals surface area contributed by atoms with Gasteiger partial charge in [0.2, 0.25) is 0 Å². The SMILES string of the molecule is CCCSC(C)=S.CCCSC(C)=S. The van der Waals surface area contributed by atoms with E-state index in [1.165, 1.54) is 24.3 Å². The van der Waals surface area contributed by atoms with Crippen LogP contribution in [0.1, 0.15) is 40.5 Å². The highest BCUT2D eigenvalue weighted by Crippen LogP contribution is 2.04. The average Bonchev–Trinajstić information content (AvgIpc) is 2.12. The maximum atomic E-state index is 4.82. The first kappa shape index (κ1) is 17.3. The molecule has 0 atom stereocenters. The van der Waals surface area contributed by atoms with Crippen molar-refractivity contribution in [3.05, 3.63) is 0 Å². The molecule has 14 heavy (non-hydrogen) atoms. The summed E-state index contributed by atoms with van der Waals surface area (Å²) in [5.41, 5.74) is 0. The third-order valence-electron chi connectivity index (χ3n) is 1.02. The van der Waals surface area contributed by atoms with E-state index in [0.717, 1.165) is 8.39 Å². The van der Waals surface area contributed by atoms with Crippen LogP contribution in [0.4, 0.5) is 0 Å². The van der Waals surface area contributed by atoms with E-state index in [4.69, 9.17) is 24.4 Å². The van der Waals surface area contributed by atoms with Gasteiger partial charge < -0.3 is 0 Å². The van der Waals surface area contributed by atoms with Gasteiger partial charge in [-0.25, -0.2) is 0 Å². The Morgan fingerprint density at radius 3 is 1.21 bits per heavy atom. The van der Waals surface area contributed by atoms with Gasteiger partial charge in [-0.1, -0.05) is 38.3 Å². The van der Waals surface area contributed by atoms with Crippen LogP contribution in [0, 0.1) is 0 Å². The third-order valence-corrected chi connectivity index (χ3v) is 3.76. The maximum Gasteiger partial charge on any atom is 0.0447 e. The second-order valence-electron chi connectivity index (χ2n) is 2.68. The van der Waals surface area contributed by atoms with Crippen LogP contribution in [0.25, 0.3) is 0 Å². The lowest BCUT2D eigenvalue weighted by molar-refractivity contribution is 1.11. The van der Waals surface area contributed by atoms with Crippen molar-refractivity contribution in [2.75, 3.05) is 11.5 Å². The van der Waals surface area contributed by atoms with Crippen molar-refractivity contribution in [2.24, 2.45) is 0 Å². The van der Waals surface area contributed by atoms with Crippen LogP contribution in [0.15, 0.2) is 0 Å². The summed E-state index contributed by atoms with van der Waals surface area (Å²) < 4.78 is 2.11. The highest BCUT2D eigenvalue weighted by Gasteiger charge is 1.84. The predicted molar refractivity (Wildman–Crippen MR) is 82.0 cm³/mol. The molecule has 0 fully saturated rings. The first-order chi connectivity index (χ1) is 6.54. The smallest absolute Gasteiger partial charge is 0.0447 e. The van der Waals surface area contributed by atoms with E-state index in [0.29, 0.717) is 0 Å². The molecule has 0 amide bonds. The Bertz CT molecular complexity index is 136. The van der Waals surface area contributed by atoms with Gasteiger partial charge >= 0.3 is 0 Å². The van der Waals surface area contributed by atoms with Crippen molar-refractivity contribution in [3.63, 3.8) is 0 Å². The molecule has 0 nitrogen and oxygen atoms in total. The maximum absolute atomic E-state index is 4.82. The Morgan fingerprint density at radius 1 is 0.857 bits per heavy atom. The van der Waals surface area contributed by atoms with Gasteiger partial charge in [-0.05, 0) is 38.2 Å². The summed E-state index contributed by atoms with van der Waals surface area (Å²) in [5.74, 6) is 2.35. The summed E-state index contributed by atoms with van der Waals surface area (Å²) in [7, 11) is 0. The fourth-order valence-corrected chi connectivity index (χ4v) is 1.97. The van der Waals surface area contributed by atoms with Crippen molar-refractivity contribution in [1.29, 1.82) is 0 Å². The van der Waals surface area contributed by atoms with E-state index in [1.54, 1.807) is 23.5 Å². The summed E-state index contributed by atoms with van der Waals surface area (Å²) in [5, 5.41) is 0. The Kier molecular flexibility index (Phi) is 17.1. The minimum absolute atomic E-state index is 1.06. The van der Waals surface area contributed by atoms with Crippen LogP contribution in [-0.2, 0) is 0 Å². The van der Waals surface area contributed by atoms with Gasteiger partial charge in [0.05, 0.1) is 0 Å². The van der Waals surface area contributed by atoms with Gasteiger partial charge in [0.25, 0.3) is 0 Å². The number of thiocarbonyl (C=S) groups is 2. The Hall–Kier alpha value is 0.880. The molecule has 0 bridgehead atoms. The average molecular weight is 269 g/mol. The fourth-order valence-electron chi connectivity index (χ4n) is 0.492. The van der Waals surface area contributed by atoms with Crippen molar-refractivity contribution in [2.45, 2.75) is 40.5 Å². The van der Waals surface area contributed by atoms with E-state index in [2.05, 4.69) is 13.8 Å². The first-order valence-electron chi connectivity index (χ1n) is 4.81. The lowest BCUT2D eigenvalue weighted by Crippen LogP contribution is -1.78. The van der Waals surface area contributed by atoms with Crippen molar-refractivity contribution >= 4 is 56.4 Å². The summed E-state index contributed by atoms with van der Waals surface area (Å²) >= 11 is 13.2. The molecule has 0 aliphatic rings. The van der Waals surface area contributed by atoms with Crippen molar-refractivity contribution < 1.29 is 0 Å². The van der Waals surface area contributed by atoms with Gasteiger partial charge in [-0.2, -0.15) is 0 Å².